The molecule has 3 fully saturated rings. The van der Waals surface area contributed by atoms with Gasteiger partial charge < -0.3 is 54.0 Å². The summed E-state index contributed by atoms with van der Waals surface area (Å²) < 4.78 is 74.7. The van der Waals surface area contributed by atoms with Crippen LogP contribution in [0.15, 0.2) is 114 Å². The maximum absolute atomic E-state index is 15.9. The normalized spacial score (nSPS) is 31.1. The SMILES string of the molecule is CC(=O)O[C@H]1C(=O)[C@@]2(C)[C@H]([C@H](OC(=O)c3ccccc3)[C@]3(O)C[C@H](OC(=O)[C@H](OC(=O)O[C@H]4/C=C/CC[C@@](C)(C(=O)NCCS(=O)(=O)O)CC4)[C@@H](NC(=O)c4ccccc4)c4ccccc4)C(C)=C1C3(C)C)[C@]1(OC(C)=O)CO[C@@H]1C[C@@H]2O. The molecule has 22 nitrogen and oxygen atoms in total. The lowest BCUT2D eigenvalue weighted by molar-refractivity contribution is -0.346. The summed E-state index contributed by atoms with van der Waals surface area (Å²) in [4.78, 5) is 115. The molecular weight excluding hydrogens is 1100 g/mol. The van der Waals surface area contributed by atoms with Gasteiger partial charge in [-0.1, -0.05) is 93.6 Å². The zero-order chi connectivity index (χ0) is 60.5. The van der Waals surface area contributed by atoms with E-state index in [9.17, 15) is 52.0 Å². The van der Waals surface area contributed by atoms with E-state index in [1.807, 2.05) is 0 Å². The Balaban J connectivity index is 1.23. The molecule has 13 atom stereocenters. The molecule has 0 spiro atoms. The molecule has 3 aromatic carbocycles. The summed E-state index contributed by atoms with van der Waals surface area (Å²) in [5.74, 6) is -8.68. The number of esters is 4. The van der Waals surface area contributed by atoms with Gasteiger partial charge in [0.15, 0.2) is 17.5 Å². The predicted molar refractivity (Wildman–Crippen MR) is 292 cm³/mol. The van der Waals surface area contributed by atoms with E-state index in [1.165, 1.54) is 52.0 Å². The summed E-state index contributed by atoms with van der Waals surface area (Å²) in [5, 5.41) is 31.7. The third kappa shape index (κ3) is 12.4. The smallest absolute Gasteiger partial charge is 0.455 e. The molecule has 5 aliphatic rings. The average molecular weight is 1170 g/mol. The summed E-state index contributed by atoms with van der Waals surface area (Å²) in [5.41, 5.74) is -9.13. The monoisotopic (exact) mass is 1170 g/mol. The number of fused-ring (bicyclic) bond motifs is 5. The van der Waals surface area contributed by atoms with E-state index in [-0.39, 0.29) is 60.3 Å². The lowest BCUT2D eigenvalue weighted by atomic mass is 9.44. The van der Waals surface area contributed by atoms with Crippen LogP contribution in [0, 0.1) is 22.2 Å². The zero-order valence-electron chi connectivity index (χ0n) is 47.1. The molecule has 446 valence electrons. The number of ether oxygens (including phenoxy) is 7. The zero-order valence-corrected chi connectivity index (χ0v) is 47.9. The fourth-order valence-corrected chi connectivity index (χ4v) is 13.1. The van der Waals surface area contributed by atoms with Gasteiger partial charge in [0.25, 0.3) is 16.0 Å². The summed E-state index contributed by atoms with van der Waals surface area (Å²) in [6.07, 6.45) is -9.92. The van der Waals surface area contributed by atoms with Gasteiger partial charge in [0.05, 0.1) is 35.4 Å². The highest BCUT2D eigenvalue weighted by Crippen LogP contribution is 2.64. The summed E-state index contributed by atoms with van der Waals surface area (Å²) >= 11 is 0. The van der Waals surface area contributed by atoms with Gasteiger partial charge in [0.2, 0.25) is 12.0 Å². The molecule has 1 saturated heterocycles. The molecule has 1 heterocycles. The Morgan fingerprint density at radius 3 is 2.04 bits per heavy atom. The fraction of sp³-hybridized carbons (Fsp3) is 0.500. The third-order valence-electron chi connectivity index (χ3n) is 17.3. The fourth-order valence-electron chi connectivity index (χ4n) is 12.7. The second-order valence-electron chi connectivity index (χ2n) is 23.0. The van der Waals surface area contributed by atoms with Crippen LogP contribution in [0.25, 0.3) is 0 Å². The van der Waals surface area contributed by atoms with Crippen LogP contribution < -0.4 is 10.6 Å². The minimum Gasteiger partial charge on any atom is -0.455 e. The number of carbonyl (C=O) groups excluding carboxylic acids is 8. The van der Waals surface area contributed by atoms with Crippen LogP contribution in [0.3, 0.4) is 0 Å². The van der Waals surface area contributed by atoms with E-state index in [2.05, 4.69) is 10.6 Å². The van der Waals surface area contributed by atoms with E-state index < -0.39 is 152 Å². The Labute approximate surface area is 480 Å². The number of amides is 2. The van der Waals surface area contributed by atoms with E-state index >= 15 is 9.59 Å². The first kappa shape index (κ1) is 61.8. The van der Waals surface area contributed by atoms with Crippen molar-refractivity contribution in [3.05, 3.63) is 131 Å². The summed E-state index contributed by atoms with van der Waals surface area (Å²) in [6, 6.07) is 22.0. The standard InChI is InChI=1S/C60H70N2O20S/c1-34-41(32-60(72)50(81-52(68)39-23-15-10-16-24-39)48-58(7,42(65)31-43-59(48,33-76-43)82-36(3)64)49(66)46(77-35(2)63)44(34)56(60,4)5)79-53(69)47(45(37-19-11-8-12-20-37)62-51(67)38-21-13-9-14-22-38)80-55(71)78-40-25-17-18-27-57(6,28-26-40)54(70)61-29-30-83(73,74)75/h8-17,19-25,40-43,45-48,50,65,72H,18,26-33H2,1-7H3,(H,61,70)(H,62,67)(H,73,74,75)/b25-17+/t40-,41-,42-,43+,45-,46+,47+,48-,50-,57+,58+,59-,60+/m0/s1. The topological polar surface area (TPSA) is 320 Å². The summed E-state index contributed by atoms with van der Waals surface area (Å²) in [7, 11) is -4.37. The number of aliphatic hydroxyl groups is 2. The van der Waals surface area contributed by atoms with Crippen LogP contribution >= 0.6 is 0 Å². The number of Topliss-reactive ketones (excluding diaryl/α,β-unsaturated/α-hetero) is 1. The Kier molecular flexibility index (Phi) is 17.9. The largest absolute Gasteiger partial charge is 0.509 e. The lowest BCUT2D eigenvalue weighted by Crippen LogP contribution is -2.82. The molecule has 0 radical (unpaired) electrons. The maximum atomic E-state index is 15.9. The number of ketones is 1. The van der Waals surface area contributed by atoms with Gasteiger partial charge in [0.1, 0.15) is 36.1 Å². The molecule has 0 unspecified atom stereocenters. The van der Waals surface area contributed by atoms with Crippen LogP contribution in [0.4, 0.5) is 4.79 Å². The highest BCUT2D eigenvalue weighted by Gasteiger charge is 2.78. The first-order valence-electron chi connectivity index (χ1n) is 27.4. The molecule has 5 N–H and O–H groups in total. The van der Waals surface area contributed by atoms with Crippen molar-refractivity contribution in [3.8, 4) is 0 Å². The van der Waals surface area contributed by atoms with Crippen molar-refractivity contribution in [2.24, 2.45) is 22.2 Å². The van der Waals surface area contributed by atoms with Gasteiger partial charge in [-0.15, -0.1) is 0 Å². The van der Waals surface area contributed by atoms with Crippen molar-refractivity contribution in [2.45, 2.75) is 147 Å². The Hall–Kier alpha value is -7.31. The van der Waals surface area contributed by atoms with Crippen molar-refractivity contribution in [1.29, 1.82) is 0 Å². The Bertz CT molecular complexity index is 3170. The van der Waals surface area contributed by atoms with Crippen LogP contribution in [0.2, 0.25) is 0 Å². The van der Waals surface area contributed by atoms with Crippen molar-refractivity contribution in [2.75, 3.05) is 18.9 Å². The number of carbonyl (C=O) groups is 8. The van der Waals surface area contributed by atoms with Crippen molar-refractivity contribution < 1.29 is 94.7 Å². The maximum Gasteiger partial charge on any atom is 0.509 e. The molecule has 2 amide bonds. The van der Waals surface area contributed by atoms with Crippen LogP contribution in [-0.2, 0) is 67.2 Å². The molecule has 2 bridgehead atoms. The van der Waals surface area contributed by atoms with E-state index in [0.29, 0.717) is 12.8 Å². The van der Waals surface area contributed by atoms with Gasteiger partial charge in [-0.3, -0.25) is 28.5 Å². The first-order chi connectivity index (χ1) is 39.1. The number of benzene rings is 3. The van der Waals surface area contributed by atoms with Crippen molar-refractivity contribution in [3.63, 3.8) is 0 Å². The van der Waals surface area contributed by atoms with Gasteiger partial charge in [0, 0.05) is 49.6 Å². The lowest BCUT2D eigenvalue weighted by Gasteiger charge is -2.67. The number of nitrogens with one attached hydrogen (secondary N) is 2. The Morgan fingerprint density at radius 1 is 0.819 bits per heavy atom. The van der Waals surface area contributed by atoms with E-state index in [1.54, 1.807) is 85.8 Å². The molecule has 83 heavy (non-hydrogen) atoms. The van der Waals surface area contributed by atoms with E-state index in [4.69, 9.17) is 33.2 Å². The molecule has 2 saturated carbocycles. The minimum atomic E-state index is -4.37. The molecule has 1 aliphatic heterocycles. The molecule has 3 aromatic rings. The average Bonchev–Trinajstić information content (AvgIpc) is 0.844. The minimum absolute atomic E-state index is 0.00591. The van der Waals surface area contributed by atoms with Gasteiger partial charge in [-0.05, 0) is 86.6 Å². The summed E-state index contributed by atoms with van der Waals surface area (Å²) in [6.45, 7) is 8.95. The second kappa shape index (κ2) is 24.1. The number of aliphatic hydroxyl groups excluding tert-OH is 1. The highest BCUT2D eigenvalue weighted by atomic mass is 32.2. The number of rotatable bonds is 16. The van der Waals surface area contributed by atoms with Crippen LogP contribution in [-0.4, -0.2) is 144 Å². The Morgan fingerprint density at radius 2 is 1.45 bits per heavy atom. The highest BCUT2D eigenvalue weighted by molar-refractivity contribution is 7.85. The van der Waals surface area contributed by atoms with E-state index in [0.717, 1.165) is 13.8 Å². The predicted octanol–water partition coefficient (Wildman–Crippen LogP) is 5.41. The number of hydrogen-bond donors (Lipinski definition) is 5. The number of allylic oxidation sites excluding steroid dienone is 1. The van der Waals surface area contributed by atoms with Gasteiger partial charge >= 0.3 is 30.0 Å². The molecular formula is C60H70N2O20S. The second-order valence-corrected chi connectivity index (χ2v) is 24.5. The molecule has 0 aromatic heterocycles. The number of hydrogen-bond acceptors (Lipinski definition) is 19. The van der Waals surface area contributed by atoms with Gasteiger partial charge in [-0.25, -0.2) is 14.4 Å². The van der Waals surface area contributed by atoms with Crippen molar-refractivity contribution >= 4 is 57.7 Å². The molecule has 8 rings (SSSR count). The molecule has 4 aliphatic carbocycles. The quantitative estimate of drug-likeness (QED) is 0.0518. The first-order valence-corrected chi connectivity index (χ1v) is 29.0. The van der Waals surface area contributed by atoms with Crippen LogP contribution in [0.1, 0.15) is 119 Å². The van der Waals surface area contributed by atoms with Gasteiger partial charge in [-0.2, -0.15) is 8.42 Å². The van der Waals surface area contributed by atoms with Crippen molar-refractivity contribution in [1.82, 2.24) is 10.6 Å². The van der Waals surface area contributed by atoms with Crippen LogP contribution in [0.5, 0.6) is 0 Å². The third-order valence-corrected chi connectivity index (χ3v) is 18.0. The molecule has 23 heteroatoms.